The van der Waals surface area contributed by atoms with Crippen LogP contribution in [0.15, 0.2) is 76.7 Å². The number of carbonyl (C=O) groups is 1. The van der Waals surface area contributed by atoms with E-state index in [1.165, 1.54) is 0 Å². The minimum Gasteiger partial charge on any atom is -0.458 e. The lowest BCUT2D eigenvalue weighted by atomic mass is 10.0. The van der Waals surface area contributed by atoms with E-state index in [1.807, 2.05) is 87.5 Å². The summed E-state index contributed by atoms with van der Waals surface area (Å²) in [5, 5.41) is 0. The van der Waals surface area contributed by atoms with E-state index in [2.05, 4.69) is 15.9 Å². The highest BCUT2D eigenvalue weighted by atomic mass is 79.9. The fourth-order valence-corrected chi connectivity index (χ4v) is 2.63. The Kier molecular flexibility index (Phi) is 7.34. The molecule has 3 nitrogen and oxygen atoms in total. The van der Waals surface area contributed by atoms with E-state index >= 15 is 0 Å². The van der Waals surface area contributed by atoms with Gasteiger partial charge in [-0.15, -0.1) is 0 Å². The summed E-state index contributed by atoms with van der Waals surface area (Å²) in [5.41, 5.74) is 2.16. The maximum absolute atomic E-state index is 12.7. The van der Waals surface area contributed by atoms with Gasteiger partial charge in [0.05, 0.1) is 5.71 Å². The fraction of sp³-hybridized carbons (Fsp3) is 0.273. The van der Waals surface area contributed by atoms with Crippen LogP contribution in [0.25, 0.3) is 0 Å². The van der Waals surface area contributed by atoms with E-state index in [0.29, 0.717) is 6.42 Å². The van der Waals surface area contributed by atoms with Gasteiger partial charge in [-0.2, -0.15) is 0 Å². The lowest BCUT2D eigenvalue weighted by Gasteiger charge is -2.22. The third kappa shape index (κ3) is 6.26. The number of nitrogens with zero attached hydrogens (tertiary/aromatic N) is 1. The molecule has 0 aliphatic heterocycles. The first-order valence-corrected chi connectivity index (χ1v) is 9.49. The highest BCUT2D eigenvalue weighted by Gasteiger charge is 2.25. The van der Waals surface area contributed by atoms with Crippen molar-refractivity contribution < 1.29 is 9.53 Å². The normalized spacial score (nSPS) is 12.6. The molecule has 0 spiro atoms. The Bertz CT molecular complexity index is 720. The zero-order chi connectivity index (χ0) is 19.0. The first-order valence-electron chi connectivity index (χ1n) is 8.57. The lowest BCUT2D eigenvalue weighted by molar-refractivity contribution is -0.156. The topological polar surface area (TPSA) is 38.7 Å². The monoisotopic (exact) mass is 413 g/mol. The summed E-state index contributed by atoms with van der Waals surface area (Å²) < 4.78 is 5.57. The van der Waals surface area contributed by atoms with Crippen molar-refractivity contribution >= 4 is 27.6 Å². The lowest BCUT2D eigenvalue weighted by Crippen LogP contribution is -2.31. The van der Waals surface area contributed by atoms with Gasteiger partial charge in [-0.1, -0.05) is 82.7 Å². The van der Waals surface area contributed by atoms with Gasteiger partial charge in [0.1, 0.15) is 5.60 Å². The molecular weight excluding hydrogens is 390 g/mol. The van der Waals surface area contributed by atoms with E-state index in [4.69, 9.17) is 9.73 Å². The molecule has 0 fully saturated rings. The SMILES string of the molecule is CC(C)(C)OC(=O)C(C/C=C/Br)N=C(c1ccccc1)c1ccccc1. The van der Waals surface area contributed by atoms with Crippen LogP contribution in [0.3, 0.4) is 0 Å². The summed E-state index contributed by atoms with van der Waals surface area (Å²) in [7, 11) is 0. The van der Waals surface area contributed by atoms with Crippen LogP contribution in [0.1, 0.15) is 38.3 Å². The van der Waals surface area contributed by atoms with Crippen molar-refractivity contribution in [3.8, 4) is 0 Å². The predicted octanol–water partition coefficient (Wildman–Crippen LogP) is 5.53. The van der Waals surface area contributed by atoms with Crippen LogP contribution in [0, 0.1) is 0 Å². The zero-order valence-electron chi connectivity index (χ0n) is 15.4. The second-order valence-corrected chi connectivity index (χ2v) is 7.39. The number of rotatable bonds is 6. The van der Waals surface area contributed by atoms with Crippen molar-refractivity contribution in [2.45, 2.75) is 38.8 Å². The number of benzene rings is 2. The summed E-state index contributed by atoms with van der Waals surface area (Å²) in [4.78, 5) is 19.2. The number of halogens is 1. The van der Waals surface area contributed by atoms with Gasteiger partial charge in [0.25, 0.3) is 0 Å². The van der Waals surface area contributed by atoms with Crippen molar-refractivity contribution in [3.63, 3.8) is 0 Å². The number of ether oxygens (including phenoxy) is 1. The maximum atomic E-state index is 12.7. The van der Waals surface area contributed by atoms with Gasteiger partial charge in [0, 0.05) is 11.1 Å². The number of hydrogen-bond acceptors (Lipinski definition) is 3. The Labute approximate surface area is 163 Å². The molecule has 1 unspecified atom stereocenters. The Balaban J connectivity index is 2.47. The molecule has 136 valence electrons. The van der Waals surface area contributed by atoms with E-state index < -0.39 is 11.6 Å². The highest BCUT2D eigenvalue weighted by Crippen LogP contribution is 2.17. The summed E-state index contributed by atoms with van der Waals surface area (Å²) >= 11 is 3.26. The van der Waals surface area contributed by atoms with Crippen LogP contribution < -0.4 is 0 Å². The maximum Gasteiger partial charge on any atom is 0.331 e. The molecule has 0 bridgehead atoms. The Morgan fingerprint density at radius 2 is 1.54 bits per heavy atom. The molecule has 26 heavy (non-hydrogen) atoms. The molecule has 0 radical (unpaired) electrons. The van der Waals surface area contributed by atoms with Gasteiger partial charge in [-0.25, -0.2) is 4.79 Å². The number of aliphatic imine (C=N–C) groups is 1. The third-order valence-corrected chi connectivity index (χ3v) is 3.88. The Morgan fingerprint density at radius 3 is 1.96 bits per heavy atom. The standard InChI is InChI=1S/C22H24BrNO2/c1-22(2,3)26-21(25)19(15-10-16-23)24-20(17-11-6-4-7-12-17)18-13-8-5-9-14-18/h4-14,16,19H,15H2,1-3H3/b16-10+. The van der Waals surface area contributed by atoms with E-state index in [-0.39, 0.29) is 5.97 Å². The summed E-state index contributed by atoms with van der Waals surface area (Å²) in [6, 6.07) is 19.2. The van der Waals surface area contributed by atoms with Crippen molar-refractivity contribution in [1.82, 2.24) is 0 Å². The number of esters is 1. The van der Waals surface area contributed by atoms with Gasteiger partial charge in [0.2, 0.25) is 0 Å². The molecule has 0 heterocycles. The third-order valence-electron chi connectivity index (χ3n) is 3.51. The molecule has 0 aliphatic carbocycles. The molecule has 0 saturated heterocycles. The van der Waals surface area contributed by atoms with Crippen molar-refractivity contribution in [2.24, 2.45) is 4.99 Å². The molecule has 0 aromatic heterocycles. The molecule has 0 amide bonds. The fourth-order valence-electron chi connectivity index (χ4n) is 2.42. The van der Waals surface area contributed by atoms with E-state index in [9.17, 15) is 4.79 Å². The van der Waals surface area contributed by atoms with Crippen LogP contribution in [0.5, 0.6) is 0 Å². The van der Waals surface area contributed by atoms with Crippen LogP contribution in [-0.4, -0.2) is 23.3 Å². The van der Waals surface area contributed by atoms with Crippen LogP contribution in [0.2, 0.25) is 0 Å². The highest BCUT2D eigenvalue weighted by molar-refractivity contribution is 9.11. The number of carbonyl (C=O) groups excluding carboxylic acids is 1. The first-order chi connectivity index (χ1) is 12.4. The smallest absolute Gasteiger partial charge is 0.331 e. The molecule has 0 N–H and O–H groups in total. The van der Waals surface area contributed by atoms with Gasteiger partial charge in [-0.05, 0) is 32.2 Å². The molecular formula is C22H24BrNO2. The zero-order valence-corrected chi connectivity index (χ0v) is 16.9. The molecule has 0 saturated carbocycles. The van der Waals surface area contributed by atoms with Crippen molar-refractivity contribution in [3.05, 3.63) is 82.9 Å². The Hall–Kier alpha value is -2.20. The van der Waals surface area contributed by atoms with Gasteiger partial charge in [0.15, 0.2) is 6.04 Å². The largest absolute Gasteiger partial charge is 0.458 e. The molecule has 2 aromatic rings. The summed E-state index contributed by atoms with van der Waals surface area (Å²) in [6.07, 6.45) is 2.33. The van der Waals surface area contributed by atoms with Crippen LogP contribution in [-0.2, 0) is 9.53 Å². The van der Waals surface area contributed by atoms with Crippen LogP contribution in [0.4, 0.5) is 0 Å². The van der Waals surface area contributed by atoms with Gasteiger partial charge in [-0.3, -0.25) is 4.99 Å². The Morgan fingerprint density at radius 1 is 1.04 bits per heavy atom. The quantitative estimate of drug-likeness (QED) is 0.460. The molecule has 2 aromatic carbocycles. The summed E-state index contributed by atoms with van der Waals surface area (Å²) in [6.45, 7) is 5.59. The average molecular weight is 414 g/mol. The number of hydrogen-bond donors (Lipinski definition) is 0. The second-order valence-electron chi connectivity index (χ2n) is 6.86. The van der Waals surface area contributed by atoms with E-state index in [1.54, 1.807) is 4.99 Å². The van der Waals surface area contributed by atoms with Gasteiger partial charge < -0.3 is 4.74 Å². The molecule has 1 atom stereocenters. The summed E-state index contributed by atoms with van der Waals surface area (Å²) in [5.74, 6) is -0.326. The van der Waals surface area contributed by atoms with Crippen molar-refractivity contribution in [2.75, 3.05) is 0 Å². The van der Waals surface area contributed by atoms with Crippen LogP contribution >= 0.6 is 15.9 Å². The first kappa shape index (κ1) is 20.1. The molecule has 4 heteroatoms. The van der Waals surface area contributed by atoms with Gasteiger partial charge >= 0.3 is 5.97 Å². The van der Waals surface area contributed by atoms with E-state index in [0.717, 1.165) is 16.8 Å². The molecule has 2 rings (SSSR count). The second kappa shape index (κ2) is 9.48. The minimum atomic E-state index is -0.613. The predicted molar refractivity (Wildman–Crippen MR) is 111 cm³/mol. The molecule has 0 aliphatic rings. The van der Waals surface area contributed by atoms with Crippen molar-refractivity contribution in [1.29, 1.82) is 0 Å². The average Bonchev–Trinajstić information content (AvgIpc) is 2.62. The minimum absolute atomic E-state index is 0.326.